The zero-order valence-corrected chi connectivity index (χ0v) is 9.10. The first kappa shape index (κ1) is 9.78. The van der Waals surface area contributed by atoms with Gasteiger partial charge in [-0.05, 0) is 37.8 Å². The van der Waals surface area contributed by atoms with Crippen LogP contribution >= 0.6 is 11.6 Å². The zero-order chi connectivity index (χ0) is 10.1. The molecule has 0 bridgehead atoms. The minimum Gasteiger partial charge on any atom is -0.312 e. The fraction of sp³-hybridized carbons (Fsp3) is 0.545. The molecule has 0 fully saturated rings. The molecule has 2 nitrogen and oxygen atoms in total. The van der Waals surface area contributed by atoms with E-state index in [9.17, 15) is 4.79 Å². The predicted octanol–water partition coefficient (Wildman–Crippen LogP) is 2.10. The van der Waals surface area contributed by atoms with Crippen molar-refractivity contribution in [3.8, 4) is 0 Å². The van der Waals surface area contributed by atoms with Gasteiger partial charge in [0, 0.05) is 17.8 Å². The topological polar surface area (TPSA) is 22.0 Å². The van der Waals surface area contributed by atoms with E-state index in [1.807, 2.05) is 17.6 Å². The number of fused-ring (bicyclic) bond motifs is 1. The van der Waals surface area contributed by atoms with E-state index in [1.54, 1.807) is 0 Å². The Hall–Kier alpha value is -0.760. The van der Waals surface area contributed by atoms with Gasteiger partial charge in [-0.25, -0.2) is 0 Å². The van der Waals surface area contributed by atoms with E-state index in [2.05, 4.69) is 0 Å². The van der Waals surface area contributed by atoms with Gasteiger partial charge in [0.2, 0.25) is 0 Å². The maximum absolute atomic E-state index is 11.9. The summed E-state index contributed by atoms with van der Waals surface area (Å²) in [4.78, 5) is 11.9. The van der Waals surface area contributed by atoms with E-state index >= 15 is 0 Å². The molecule has 1 aliphatic carbocycles. The van der Waals surface area contributed by atoms with Gasteiger partial charge in [-0.2, -0.15) is 0 Å². The van der Waals surface area contributed by atoms with Crippen LogP contribution < -0.4 is 5.56 Å². The maximum Gasteiger partial charge on any atom is 0.255 e. The summed E-state index contributed by atoms with van der Waals surface area (Å²) >= 11 is 5.75. The SMILES string of the molecule is CCn1c2c(cc(CCl)c1=O)CCC2. The third-order valence-electron chi connectivity index (χ3n) is 2.88. The highest BCUT2D eigenvalue weighted by atomic mass is 35.5. The highest BCUT2D eigenvalue weighted by Crippen LogP contribution is 2.21. The van der Waals surface area contributed by atoms with Gasteiger partial charge in [0.1, 0.15) is 0 Å². The van der Waals surface area contributed by atoms with Crippen molar-refractivity contribution in [2.45, 2.75) is 38.6 Å². The molecule has 0 saturated carbocycles. The minimum absolute atomic E-state index is 0.100. The molecular formula is C11H14ClNO. The molecule has 0 saturated heterocycles. The molecule has 1 aromatic rings. The molecule has 1 heterocycles. The van der Waals surface area contributed by atoms with Crippen molar-refractivity contribution in [3.05, 3.63) is 33.2 Å². The highest BCUT2D eigenvalue weighted by molar-refractivity contribution is 6.17. The second kappa shape index (κ2) is 3.77. The summed E-state index contributed by atoms with van der Waals surface area (Å²) in [6, 6.07) is 1.99. The third-order valence-corrected chi connectivity index (χ3v) is 3.17. The number of aromatic nitrogens is 1. The van der Waals surface area contributed by atoms with Crippen molar-refractivity contribution in [3.63, 3.8) is 0 Å². The van der Waals surface area contributed by atoms with Crippen molar-refractivity contribution in [1.29, 1.82) is 0 Å². The summed E-state index contributed by atoms with van der Waals surface area (Å²) in [7, 11) is 0. The molecule has 2 rings (SSSR count). The van der Waals surface area contributed by atoms with Crippen LogP contribution in [0.3, 0.4) is 0 Å². The Kier molecular flexibility index (Phi) is 2.64. The first-order chi connectivity index (χ1) is 6.77. The van der Waals surface area contributed by atoms with E-state index in [-0.39, 0.29) is 5.56 Å². The van der Waals surface area contributed by atoms with Crippen LogP contribution in [0.1, 0.15) is 30.2 Å². The van der Waals surface area contributed by atoms with Crippen LogP contribution in [-0.4, -0.2) is 4.57 Å². The summed E-state index contributed by atoms with van der Waals surface area (Å²) in [5.41, 5.74) is 3.39. The summed E-state index contributed by atoms with van der Waals surface area (Å²) in [6.45, 7) is 2.77. The van der Waals surface area contributed by atoms with E-state index in [0.717, 1.165) is 24.9 Å². The maximum atomic E-state index is 11.9. The van der Waals surface area contributed by atoms with Crippen LogP contribution in [0.15, 0.2) is 10.9 Å². The summed E-state index contributed by atoms with van der Waals surface area (Å²) in [6.07, 6.45) is 3.31. The Bertz CT molecular complexity index is 408. The molecule has 0 amide bonds. The molecular weight excluding hydrogens is 198 g/mol. The van der Waals surface area contributed by atoms with Crippen molar-refractivity contribution in [2.75, 3.05) is 0 Å². The lowest BCUT2D eigenvalue weighted by Gasteiger charge is -2.11. The van der Waals surface area contributed by atoms with Gasteiger partial charge >= 0.3 is 0 Å². The summed E-state index contributed by atoms with van der Waals surface area (Å²) in [5, 5.41) is 0. The van der Waals surface area contributed by atoms with Crippen LogP contribution in [0.25, 0.3) is 0 Å². The van der Waals surface area contributed by atoms with Gasteiger partial charge in [-0.3, -0.25) is 4.79 Å². The molecule has 0 atom stereocenters. The second-order valence-electron chi connectivity index (χ2n) is 3.68. The van der Waals surface area contributed by atoms with Crippen LogP contribution in [0.4, 0.5) is 0 Å². The Morgan fingerprint density at radius 2 is 2.29 bits per heavy atom. The molecule has 0 N–H and O–H groups in total. The first-order valence-electron chi connectivity index (χ1n) is 5.08. The quantitative estimate of drug-likeness (QED) is 0.687. The van der Waals surface area contributed by atoms with Gasteiger partial charge in [0.15, 0.2) is 0 Å². The lowest BCUT2D eigenvalue weighted by Crippen LogP contribution is -2.25. The average Bonchev–Trinajstić information content (AvgIpc) is 2.64. The number of halogens is 1. The van der Waals surface area contributed by atoms with Gasteiger partial charge in [0.25, 0.3) is 5.56 Å². The molecule has 3 heteroatoms. The number of aryl methyl sites for hydroxylation is 1. The molecule has 0 aliphatic heterocycles. The molecule has 0 radical (unpaired) electrons. The molecule has 0 unspecified atom stereocenters. The van der Waals surface area contributed by atoms with E-state index in [0.29, 0.717) is 5.88 Å². The standard InChI is InChI=1S/C11H14ClNO/c1-2-13-10-5-3-4-8(10)6-9(7-12)11(13)14/h6H,2-5,7H2,1H3. The Morgan fingerprint density at radius 1 is 1.50 bits per heavy atom. The van der Waals surface area contributed by atoms with E-state index in [1.165, 1.54) is 17.7 Å². The molecule has 76 valence electrons. The smallest absolute Gasteiger partial charge is 0.255 e. The fourth-order valence-corrected chi connectivity index (χ4v) is 2.40. The van der Waals surface area contributed by atoms with Crippen molar-refractivity contribution >= 4 is 11.6 Å². The highest BCUT2D eigenvalue weighted by Gasteiger charge is 2.17. The van der Waals surface area contributed by atoms with Crippen LogP contribution in [0.2, 0.25) is 0 Å². The van der Waals surface area contributed by atoms with Crippen molar-refractivity contribution < 1.29 is 0 Å². The summed E-state index contributed by atoms with van der Waals surface area (Å²) in [5.74, 6) is 0.326. The fourth-order valence-electron chi connectivity index (χ4n) is 2.21. The number of hydrogen-bond donors (Lipinski definition) is 0. The lowest BCUT2D eigenvalue weighted by molar-refractivity contribution is 0.676. The normalized spacial score (nSPS) is 14.4. The number of rotatable bonds is 2. The molecule has 1 aliphatic rings. The van der Waals surface area contributed by atoms with Crippen LogP contribution in [-0.2, 0) is 25.3 Å². The monoisotopic (exact) mass is 211 g/mol. The predicted molar refractivity (Wildman–Crippen MR) is 58.0 cm³/mol. The van der Waals surface area contributed by atoms with Crippen LogP contribution in [0, 0.1) is 0 Å². The molecule has 0 spiro atoms. The Balaban J connectivity index is 2.67. The number of alkyl halides is 1. The Morgan fingerprint density at radius 3 is 2.93 bits per heavy atom. The number of pyridine rings is 1. The lowest BCUT2D eigenvalue weighted by atomic mass is 10.1. The Labute approximate surface area is 88.5 Å². The minimum atomic E-state index is 0.100. The number of nitrogens with zero attached hydrogens (tertiary/aromatic N) is 1. The second-order valence-corrected chi connectivity index (χ2v) is 3.95. The average molecular weight is 212 g/mol. The van der Waals surface area contributed by atoms with E-state index in [4.69, 9.17) is 11.6 Å². The van der Waals surface area contributed by atoms with Gasteiger partial charge < -0.3 is 4.57 Å². The summed E-state index contributed by atoms with van der Waals surface area (Å²) < 4.78 is 1.88. The van der Waals surface area contributed by atoms with Gasteiger partial charge in [-0.1, -0.05) is 0 Å². The van der Waals surface area contributed by atoms with Gasteiger partial charge in [-0.15, -0.1) is 11.6 Å². The molecule has 0 aromatic carbocycles. The van der Waals surface area contributed by atoms with Crippen molar-refractivity contribution in [2.24, 2.45) is 0 Å². The van der Waals surface area contributed by atoms with Crippen LogP contribution in [0.5, 0.6) is 0 Å². The first-order valence-corrected chi connectivity index (χ1v) is 5.61. The number of hydrogen-bond acceptors (Lipinski definition) is 1. The van der Waals surface area contributed by atoms with Crippen molar-refractivity contribution in [1.82, 2.24) is 4.57 Å². The van der Waals surface area contributed by atoms with E-state index < -0.39 is 0 Å². The zero-order valence-electron chi connectivity index (χ0n) is 8.35. The molecule has 14 heavy (non-hydrogen) atoms. The third kappa shape index (κ3) is 1.38. The largest absolute Gasteiger partial charge is 0.312 e. The van der Waals surface area contributed by atoms with Gasteiger partial charge in [0.05, 0.1) is 5.88 Å². The molecule has 1 aromatic heterocycles.